The quantitative estimate of drug-likeness (QED) is 0.657. The average Bonchev–Trinajstić information content (AvgIpc) is 2.74. The molecule has 28 heavy (non-hydrogen) atoms. The highest BCUT2D eigenvalue weighted by Gasteiger charge is 2.11. The minimum atomic E-state index is -0.356. The highest BCUT2D eigenvalue weighted by molar-refractivity contribution is 5.99. The average molecular weight is 376 g/mol. The minimum absolute atomic E-state index is 0.152. The highest BCUT2D eigenvalue weighted by atomic mass is 16.5. The fourth-order valence-corrected chi connectivity index (χ4v) is 2.50. The molecule has 0 bridgehead atoms. The van der Waals surface area contributed by atoms with Gasteiger partial charge in [0.15, 0.2) is 5.75 Å². The Morgan fingerprint density at radius 1 is 0.857 bits per heavy atom. The second kappa shape index (κ2) is 9.23. The molecule has 3 aromatic rings. The number of amides is 2. The van der Waals surface area contributed by atoms with Crippen molar-refractivity contribution in [3.05, 3.63) is 84.4 Å². The zero-order valence-electron chi connectivity index (χ0n) is 15.3. The van der Waals surface area contributed by atoms with Crippen LogP contribution in [-0.4, -0.2) is 25.5 Å². The summed E-state index contributed by atoms with van der Waals surface area (Å²) in [5.74, 6) is 1.07. The molecule has 0 aliphatic heterocycles. The van der Waals surface area contributed by atoms with Crippen molar-refractivity contribution in [2.45, 2.75) is 0 Å². The van der Waals surface area contributed by atoms with Crippen LogP contribution >= 0.6 is 0 Å². The Balaban J connectivity index is 1.62. The lowest BCUT2D eigenvalue weighted by molar-refractivity contribution is -0.115. The molecule has 142 valence electrons. The molecule has 0 aliphatic carbocycles. The Morgan fingerprint density at radius 3 is 2.36 bits per heavy atom. The Hall–Kier alpha value is -3.80. The summed E-state index contributed by atoms with van der Waals surface area (Å²) in [5, 5.41) is 5.35. The molecule has 0 aromatic heterocycles. The SMILES string of the molecule is COc1cccc(Oc2ccccc2NC(=O)CNC(=O)c2ccccc2)c1. The third-order valence-electron chi connectivity index (χ3n) is 3.88. The van der Waals surface area contributed by atoms with Crippen LogP contribution in [0.25, 0.3) is 0 Å². The maximum absolute atomic E-state index is 12.3. The molecule has 6 heteroatoms. The Morgan fingerprint density at radius 2 is 1.57 bits per heavy atom. The van der Waals surface area contributed by atoms with Crippen LogP contribution in [0, 0.1) is 0 Å². The van der Waals surface area contributed by atoms with Gasteiger partial charge in [0.2, 0.25) is 5.91 Å². The van der Waals surface area contributed by atoms with Gasteiger partial charge in [0, 0.05) is 11.6 Å². The molecule has 2 amide bonds. The van der Waals surface area contributed by atoms with Crippen LogP contribution in [0.3, 0.4) is 0 Å². The van der Waals surface area contributed by atoms with E-state index in [1.165, 1.54) is 0 Å². The van der Waals surface area contributed by atoms with Crippen molar-refractivity contribution < 1.29 is 19.1 Å². The number of carbonyl (C=O) groups is 2. The van der Waals surface area contributed by atoms with Crippen molar-refractivity contribution >= 4 is 17.5 Å². The number of methoxy groups -OCH3 is 1. The second-order valence-electron chi connectivity index (χ2n) is 5.87. The summed E-state index contributed by atoms with van der Waals surface area (Å²) < 4.78 is 11.1. The number of nitrogens with one attached hydrogen (secondary N) is 2. The molecule has 0 fully saturated rings. The monoisotopic (exact) mass is 376 g/mol. The third-order valence-corrected chi connectivity index (χ3v) is 3.88. The topological polar surface area (TPSA) is 76.7 Å². The molecule has 0 radical (unpaired) electrons. The summed E-state index contributed by atoms with van der Waals surface area (Å²) in [5.41, 5.74) is 1.00. The summed E-state index contributed by atoms with van der Waals surface area (Å²) >= 11 is 0. The Labute approximate surface area is 163 Å². The molecule has 0 aliphatic rings. The molecule has 0 atom stereocenters. The van der Waals surface area contributed by atoms with Gasteiger partial charge < -0.3 is 20.1 Å². The minimum Gasteiger partial charge on any atom is -0.497 e. The number of rotatable bonds is 7. The molecule has 3 rings (SSSR count). The normalized spacial score (nSPS) is 10.0. The number of hydrogen-bond donors (Lipinski definition) is 2. The molecule has 0 unspecified atom stereocenters. The summed E-state index contributed by atoms with van der Waals surface area (Å²) in [4.78, 5) is 24.3. The van der Waals surface area contributed by atoms with Crippen molar-refractivity contribution in [3.8, 4) is 17.2 Å². The van der Waals surface area contributed by atoms with Crippen molar-refractivity contribution in [1.29, 1.82) is 0 Å². The van der Waals surface area contributed by atoms with Crippen molar-refractivity contribution in [2.24, 2.45) is 0 Å². The van der Waals surface area contributed by atoms with E-state index in [-0.39, 0.29) is 18.4 Å². The van der Waals surface area contributed by atoms with Crippen molar-refractivity contribution in [2.75, 3.05) is 19.0 Å². The molecule has 0 heterocycles. The van der Waals surface area contributed by atoms with E-state index >= 15 is 0 Å². The van der Waals surface area contributed by atoms with Gasteiger partial charge in [-0.1, -0.05) is 36.4 Å². The number of hydrogen-bond acceptors (Lipinski definition) is 4. The molecule has 0 saturated carbocycles. The zero-order valence-corrected chi connectivity index (χ0v) is 15.3. The van der Waals surface area contributed by atoms with Crippen LogP contribution in [0.15, 0.2) is 78.9 Å². The van der Waals surface area contributed by atoms with Crippen LogP contribution in [0.2, 0.25) is 0 Å². The second-order valence-corrected chi connectivity index (χ2v) is 5.87. The van der Waals surface area contributed by atoms with Gasteiger partial charge in [-0.25, -0.2) is 0 Å². The van der Waals surface area contributed by atoms with Gasteiger partial charge in [-0.05, 0) is 36.4 Å². The maximum atomic E-state index is 12.3. The van der Waals surface area contributed by atoms with Crippen LogP contribution in [0.1, 0.15) is 10.4 Å². The Bertz CT molecular complexity index is 958. The molecule has 2 N–H and O–H groups in total. The molecule has 0 saturated heterocycles. The van der Waals surface area contributed by atoms with Gasteiger partial charge in [-0.3, -0.25) is 9.59 Å². The first-order valence-electron chi connectivity index (χ1n) is 8.70. The van der Waals surface area contributed by atoms with E-state index in [1.54, 1.807) is 61.7 Å². The van der Waals surface area contributed by atoms with Gasteiger partial charge in [0.25, 0.3) is 5.91 Å². The highest BCUT2D eigenvalue weighted by Crippen LogP contribution is 2.30. The first kappa shape index (κ1) is 19.0. The van der Waals surface area contributed by atoms with Crippen molar-refractivity contribution in [3.63, 3.8) is 0 Å². The van der Waals surface area contributed by atoms with Crippen molar-refractivity contribution in [1.82, 2.24) is 5.32 Å². The summed E-state index contributed by atoms with van der Waals surface area (Å²) in [6.45, 7) is -0.152. The fraction of sp³-hybridized carbons (Fsp3) is 0.0909. The van der Waals surface area contributed by atoms with E-state index in [2.05, 4.69) is 10.6 Å². The van der Waals surface area contributed by atoms with E-state index in [0.717, 1.165) is 0 Å². The number of benzene rings is 3. The summed E-state index contributed by atoms with van der Waals surface area (Å²) in [6, 6.07) is 23.0. The number of para-hydroxylation sites is 2. The third kappa shape index (κ3) is 5.11. The first-order valence-corrected chi connectivity index (χ1v) is 8.70. The summed E-state index contributed by atoms with van der Waals surface area (Å²) in [6.07, 6.45) is 0. The van der Waals surface area contributed by atoms with E-state index in [1.807, 2.05) is 24.3 Å². The van der Waals surface area contributed by atoms with Gasteiger partial charge in [-0.2, -0.15) is 0 Å². The molecule has 0 spiro atoms. The van der Waals surface area contributed by atoms with Crippen LogP contribution in [0.5, 0.6) is 17.2 Å². The lowest BCUT2D eigenvalue weighted by Crippen LogP contribution is -2.32. The standard InChI is InChI=1S/C22H20N2O4/c1-27-17-10-7-11-18(14-17)28-20-13-6-5-12-19(20)24-21(25)15-23-22(26)16-8-3-2-4-9-16/h2-14H,15H2,1H3,(H,23,26)(H,24,25). The number of carbonyl (C=O) groups excluding carboxylic acids is 2. The number of ether oxygens (including phenoxy) is 2. The van der Waals surface area contributed by atoms with Crippen LogP contribution in [-0.2, 0) is 4.79 Å². The van der Waals surface area contributed by atoms with E-state index in [0.29, 0.717) is 28.5 Å². The fourth-order valence-electron chi connectivity index (χ4n) is 2.50. The van der Waals surface area contributed by atoms with Gasteiger partial charge in [0.05, 0.1) is 19.3 Å². The van der Waals surface area contributed by atoms with Crippen LogP contribution < -0.4 is 20.1 Å². The molecular formula is C22H20N2O4. The smallest absolute Gasteiger partial charge is 0.251 e. The maximum Gasteiger partial charge on any atom is 0.251 e. The van der Waals surface area contributed by atoms with Gasteiger partial charge in [-0.15, -0.1) is 0 Å². The molecule has 6 nitrogen and oxygen atoms in total. The Kier molecular flexibility index (Phi) is 6.25. The molecule has 3 aromatic carbocycles. The van der Waals surface area contributed by atoms with E-state index in [9.17, 15) is 9.59 Å². The van der Waals surface area contributed by atoms with E-state index < -0.39 is 0 Å². The molecular weight excluding hydrogens is 356 g/mol. The first-order chi connectivity index (χ1) is 13.7. The van der Waals surface area contributed by atoms with Crippen LogP contribution in [0.4, 0.5) is 5.69 Å². The predicted octanol–water partition coefficient (Wildman–Crippen LogP) is 3.86. The largest absolute Gasteiger partial charge is 0.497 e. The predicted molar refractivity (Wildman–Crippen MR) is 107 cm³/mol. The van der Waals surface area contributed by atoms with Gasteiger partial charge >= 0.3 is 0 Å². The van der Waals surface area contributed by atoms with Gasteiger partial charge in [0.1, 0.15) is 11.5 Å². The zero-order chi connectivity index (χ0) is 19.8. The lowest BCUT2D eigenvalue weighted by Gasteiger charge is -2.13. The number of anilines is 1. The van der Waals surface area contributed by atoms with E-state index in [4.69, 9.17) is 9.47 Å². The summed E-state index contributed by atoms with van der Waals surface area (Å²) in [7, 11) is 1.58. The lowest BCUT2D eigenvalue weighted by atomic mass is 10.2.